The van der Waals surface area contributed by atoms with Crippen molar-refractivity contribution in [2.75, 3.05) is 60.0 Å². The molecule has 2 heterocycles. The molecule has 1 aromatic rings. The predicted octanol–water partition coefficient (Wildman–Crippen LogP) is 2.73. The normalized spacial score (nSPS) is 20.6. The fourth-order valence-corrected chi connectivity index (χ4v) is 4.59. The zero-order valence-electron chi connectivity index (χ0n) is 18.5. The summed E-state index contributed by atoms with van der Waals surface area (Å²) < 4.78 is 5.66. The van der Waals surface area contributed by atoms with E-state index in [0.29, 0.717) is 5.92 Å². The number of para-hydroxylation sites is 1. The summed E-state index contributed by atoms with van der Waals surface area (Å²) in [6.45, 7) is 10.1. The summed E-state index contributed by atoms with van der Waals surface area (Å²) in [6, 6.07) is 8.69. The van der Waals surface area contributed by atoms with Gasteiger partial charge in [-0.3, -0.25) is 9.89 Å². The quantitative estimate of drug-likeness (QED) is 0.492. The van der Waals surface area contributed by atoms with E-state index in [1.54, 1.807) is 7.11 Å². The highest BCUT2D eigenvalue weighted by molar-refractivity contribution is 5.79. The van der Waals surface area contributed by atoms with E-state index in [-0.39, 0.29) is 6.04 Å². The van der Waals surface area contributed by atoms with E-state index in [1.165, 1.54) is 50.9 Å². The zero-order valence-corrected chi connectivity index (χ0v) is 18.5. The molecule has 6 nitrogen and oxygen atoms in total. The molecule has 6 heteroatoms. The molecule has 0 aromatic heterocycles. The van der Waals surface area contributed by atoms with Crippen LogP contribution in [0.1, 0.15) is 44.2 Å². The first kappa shape index (κ1) is 21.9. The minimum Gasteiger partial charge on any atom is -0.496 e. The van der Waals surface area contributed by atoms with Crippen molar-refractivity contribution in [3.8, 4) is 5.75 Å². The Balaban J connectivity index is 1.55. The van der Waals surface area contributed by atoms with Crippen LogP contribution in [0, 0.1) is 5.92 Å². The Morgan fingerprint density at radius 1 is 1.03 bits per heavy atom. The molecule has 0 aliphatic carbocycles. The van der Waals surface area contributed by atoms with Gasteiger partial charge in [0.05, 0.1) is 13.2 Å². The number of nitrogens with zero attached hydrogens (tertiary/aromatic N) is 3. The van der Waals surface area contributed by atoms with Crippen molar-refractivity contribution < 1.29 is 4.74 Å². The number of methoxy groups -OCH3 is 1. The monoisotopic (exact) mass is 401 g/mol. The van der Waals surface area contributed by atoms with Crippen molar-refractivity contribution >= 4 is 5.96 Å². The molecule has 0 saturated carbocycles. The number of nitrogens with one attached hydrogen (secondary N) is 2. The van der Waals surface area contributed by atoms with Crippen LogP contribution < -0.4 is 15.4 Å². The van der Waals surface area contributed by atoms with E-state index in [1.807, 2.05) is 13.1 Å². The Labute approximate surface area is 176 Å². The number of ether oxygens (including phenoxy) is 1. The number of hydrogen-bond donors (Lipinski definition) is 2. The van der Waals surface area contributed by atoms with Gasteiger partial charge in [-0.2, -0.15) is 0 Å². The van der Waals surface area contributed by atoms with Gasteiger partial charge in [0.1, 0.15) is 5.75 Å². The third-order valence-corrected chi connectivity index (χ3v) is 6.15. The van der Waals surface area contributed by atoms with Gasteiger partial charge >= 0.3 is 0 Å². The maximum absolute atomic E-state index is 5.66. The molecule has 2 fully saturated rings. The molecule has 1 aromatic carbocycles. The number of rotatable bonds is 9. The molecular weight excluding hydrogens is 362 g/mol. The molecule has 0 amide bonds. The van der Waals surface area contributed by atoms with Crippen molar-refractivity contribution in [2.24, 2.45) is 10.9 Å². The number of benzene rings is 1. The van der Waals surface area contributed by atoms with Crippen molar-refractivity contribution in [1.82, 2.24) is 20.4 Å². The minimum absolute atomic E-state index is 0.286. The SMILES string of the molecule is CN=C(NCC(C)CN1CCCC1)NCC(c1ccccc1OC)N1CCCC1. The van der Waals surface area contributed by atoms with Crippen molar-refractivity contribution in [2.45, 2.75) is 38.6 Å². The number of likely N-dealkylation sites (tertiary alicyclic amines) is 2. The van der Waals surface area contributed by atoms with Gasteiger partial charge in [-0.25, -0.2) is 0 Å². The summed E-state index contributed by atoms with van der Waals surface area (Å²) in [4.78, 5) is 9.60. The summed E-state index contributed by atoms with van der Waals surface area (Å²) in [5.41, 5.74) is 1.25. The molecule has 29 heavy (non-hydrogen) atoms. The highest BCUT2D eigenvalue weighted by atomic mass is 16.5. The minimum atomic E-state index is 0.286. The van der Waals surface area contributed by atoms with Crippen LogP contribution in [-0.4, -0.2) is 75.7 Å². The summed E-state index contributed by atoms with van der Waals surface area (Å²) >= 11 is 0. The molecule has 0 spiro atoms. The van der Waals surface area contributed by atoms with Crippen LogP contribution in [0.2, 0.25) is 0 Å². The summed E-state index contributed by atoms with van der Waals surface area (Å²) in [7, 11) is 3.62. The van der Waals surface area contributed by atoms with Gasteiger partial charge in [-0.05, 0) is 63.8 Å². The zero-order chi connectivity index (χ0) is 20.5. The maximum Gasteiger partial charge on any atom is 0.191 e. The largest absolute Gasteiger partial charge is 0.496 e. The van der Waals surface area contributed by atoms with Gasteiger partial charge < -0.3 is 20.3 Å². The van der Waals surface area contributed by atoms with E-state index >= 15 is 0 Å². The lowest BCUT2D eigenvalue weighted by atomic mass is 10.0. The Morgan fingerprint density at radius 2 is 1.69 bits per heavy atom. The molecule has 2 aliphatic rings. The summed E-state index contributed by atoms with van der Waals surface area (Å²) in [6.07, 6.45) is 5.24. The van der Waals surface area contributed by atoms with Gasteiger partial charge in [0, 0.05) is 32.2 Å². The lowest BCUT2D eigenvalue weighted by Gasteiger charge is -2.30. The van der Waals surface area contributed by atoms with E-state index in [4.69, 9.17) is 4.74 Å². The van der Waals surface area contributed by atoms with E-state index in [9.17, 15) is 0 Å². The van der Waals surface area contributed by atoms with E-state index in [2.05, 4.69) is 50.5 Å². The van der Waals surface area contributed by atoms with Crippen LogP contribution in [-0.2, 0) is 0 Å². The standard InChI is InChI=1S/C23H39N5O/c1-19(18-27-12-6-7-13-27)16-25-23(24-2)26-17-21(28-14-8-9-15-28)20-10-4-5-11-22(20)29-3/h4-5,10-11,19,21H,6-9,12-18H2,1-3H3,(H2,24,25,26). The molecule has 2 saturated heterocycles. The Kier molecular flexibility index (Phi) is 8.62. The first-order valence-corrected chi connectivity index (χ1v) is 11.2. The second-order valence-electron chi connectivity index (χ2n) is 8.45. The van der Waals surface area contributed by atoms with Gasteiger partial charge in [-0.1, -0.05) is 25.1 Å². The van der Waals surface area contributed by atoms with E-state index < -0.39 is 0 Å². The van der Waals surface area contributed by atoms with Gasteiger partial charge in [0.15, 0.2) is 5.96 Å². The summed E-state index contributed by atoms with van der Waals surface area (Å²) in [5, 5.41) is 7.10. The highest BCUT2D eigenvalue weighted by Gasteiger charge is 2.26. The molecule has 0 bridgehead atoms. The summed E-state index contributed by atoms with van der Waals surface area (Å²) in [5.74, 6) is 2.46. The molecule has 2 atom stereocenters. The van der Waals surface area contributed by atoms with Crippen molar-refractivity contribution in [1.29, 1.82) is 0 Å². The van der Waals surface area contributed by atoms with Crippen LogP contribution >= 0.6 is 0 Å². The smallest absolute Gasteiger partial charge is 0.191 e. The fraction of sp³-hybridized carbons (Fsp3) is 0.696. The predicted molar refractivity (Wildman–Crippen MR) is 121 cm³/mol. The number of hydrogen-bond acceptors (Lipinski definition) is 4. The Hall–Kier alpha value is -1.79. The first-order valence-electron chi connectivity index (χ1n) is 11.2. The molecular formula is C23H39N5O. The molecule has 162 valence electrons. The van der Waals surface area contributed by atoms with Gasteiger partial charge in [0.2, 0.25) is 0 Å². The highest BCUT2D eigenvalue weighted by Crippen LogP contribution is 2.31. The van der Waals surface area contributed by atoms with Crippen LogP contribution in [0.25, 0.3) is 0 Å². The van der Waals surface area contributed by atoms with Gasteiger partial charge in [0.25, 0.3) is 0 Å². The fourth-order valence-electron chi connectivity index (χ4n) is 4.59. The molecule has 2 N–H and O–H groups in total. The lowest BCUT2D eigenvalue weighted by molar-refractivity contribution is 0.239. The molecule has 2 unspecified atom stereocenters. The average Bonchev–Trinajstić information content (AvgIpc) is 3.45. The molecule has 0 radical (unpaired) electrons. The van der Waals surface area contributed by atoms with Gasteiger partial charge in [-0.15, -0.1) is 0 Å². The molecule has 3 rings (SSSR count). The lowest BCUT2D eigenvalue weighted by Crippen LogP contribution is -2.44. The third kappa shape index (κ3) is 6.34. The van der Waals surface area contributed by atoms with Crippen LogP contribution in [0.15, 0.2) is 29.3 Å². The Bertz CT molecular complexity index is 638. The van der Waals surface area contributed by atoms with Crippen LogP contribution in [0.4, 0.5) is 0 Å². The van der Waals surface area contributed by atoms with Crippen molar-refractivity contribution in [3.05, 3.63) is 29.8 Å². The van der Waals surface area contributed by atoms with Crippen LogP contribution in [0.5, 0.6) is 5.75 Å². The van der Waals surface area contributed by atoms with E-state index in [0.717, 1.165) is 37.9 Å². The molecule has 2 aliphatic heterocycles. The Morgan fingerprint density at radius 3 is 2.38 bits per heavy atom. The second-order valence-corrected chi connectivity index (χ2v) is 8.45. The maximum atomic E-state index is 5.66. The van der Waals surface area contributed by atoms with Crippen molar-refractivity contribution in [3.63, 3.8) is 0 Å². The second kappa shape index (κ2) is 11.4. The average molecular weight is 402 g/mol. The number of aliphatic imine (C=N–C) groups is 1. The first-order chi connectivity index (χ1) is 14.2. The number of guanidine groups is 1. The third-order valence-electron chi connectivity index (χ3n) is 6.15. The van der Waals surface area contributed by atoms with Crippen LogP contribution in [0.3, 0.4) is 0 Å². The topological polar surface area (TPSA) is 52.1 Å².